The van der Waals surface area contributed by atoms with Crippen LogP contribution in [0.15, 0.2) is 33.3 Å². The first-order valence-electron chi connectivity index (χ1n) is 6.14. The Morgan fingerprint density at radius 1 is 1.21 bits per heavy atom. The van der Waals surface area contributed by atoms with Crippen molar-refractivity contribution in [1.82, 2.24) is 9.97 Å². The van der Waals surface area contributed by atoms with Crippen LogP contribution in [0.5, 0.6) is 0 Å². The van der Waals surface area contributed by atoms with Crippen LogP contribution in [0, 0.1) is 6.92 Å². The van der Waals surface area contributed by atoms with Crippen LogP contribution in [0.25, 0.3) is 11.4 Å². The Morgan fingerprint density at radius 2 is 2.00 bits per heavy atom. The lowest BCUT2D eigenvalue weighted by Crippen LogP contribution is -2.04. The summed E-state index contributed by atoms with van der Waals surface area (Å²) in [6.45, 7) is 5.08. The highest BCUT2D eigenvalue weighted by Gasteiger charge is 2.07. The van der Waals surface area contributed by atoms with Gasteiger partial charge in [0.25, 0.3) is 0 Å². The molecule has 0 aliphatic carbocycles. The van der Waals surface area contributed by atoms with Gasteiger partial charge in [-0.3, -0.25) is 0 Å². The van der Waals surface area contributed by atoms with Crippen molar-refractivity contribution >= 4 is 37.7 Å². The molecule has 2 aromatic rings. The van der Waals surface area contributed by atoms with E-state index in [1.807, 2.05) is 12.1 Å². The van der Waals surface area contributed by atoms with Crippen LogP contribution in [0.4, 0.5) is 5.82 Å². The predicted molar refractivity (Wildman–Crippen MR) is 86.4 cm³/mol. The normalized spacial score (nSPS) is 10.5. The van der Waals surface area contributed by atoms with Crippen LogP contribution in [-0.4, -0.2) is 16.5 Å². The molecule has 0 aliphatic rings. The number of anilines is 1. The van der Waals surface area contributed by atoms with E-state index in [9.17, 15) is 0 Å². The summed E-state index contributed by atoms with van der Waals surface area (Å²) in [7, 11) is 0. The largest absolute Gasteiger partial charge is 0.369 e. The molecule has 100 valence electrons. The zero-order valence-corrected chi connectivity index (χ0v) is 14.0. The van der Waals surface area contributed by atoms with Gasteiger partial charge in [0, 0.05) is 22.8 Å². The number of hydrogen-bond acceptors (Lipinski definition) is 3. The summed E-state index contributed by atoms with van der Waals surface area (Å²) < 4.78 is 1.98. The summed E-state index contributed by atoms with van der Waals surface area (Å²) >= 11 is 6.97. The number of hydrogen-bond donors (Lipinski definition) is 1. The van der Waals surface area contributed by atoms with Crippen LogP contribution in [0.1, 0.15) is 18.9 Å². The Kier molecular flexibility index (Phi) is 4.93. The van der Waals surface area contributed by atoms with E-state index in [2.05, 4.69) is 67.1 Å². The molecule has 0 amide bonds. The van der Waals surface area contributed by atoms with E-state index >= 15 is 0 Å². The fourth-order valence-electron chi connectivity index (χ4n) is 1.66. The van der Waals surface area contributed by atoms with E-state index in [0.29, 0.717) is 0 Å². The first-order chi connectivity index (χ1) is 9.11. The standard InChI is InChI=1S/C14H15Br2N3/c1-3-6-17-14-12(16)8-18-13(19-14)10-4-5-11(15)9(2)7-10/h4-5,7-8H,3,6H2,1-2H3,(H,17,18,19). The molecule has 0 saturated carbocycles. The first-order valence-corrected chi connectivity index (χ1v) is 7.73. The third kappa shape index (κ3) is 3.54. The monoisotopic (exact) mass is 383 g/mol. The Balaban J connectivity index is 2.36. The zero-order chi connectivity index (χ0) is 13.8. The molecule has 1 N–H and O–H groups in total. The second-order valence-electron chi connectivity index (χ2n) is 4.28. The summed E-state index contributed by atoms with van der Waals surface area (Å²) in [5.74, 6) is 1.57. The van der Waals surface area contributed by atoms with E-state index in [1.165, 1.54) is 5.56 Å². The lowest BCUT2D eigenvalue weighted by molar-refractivity contribution is 0.963. The molecule has 0 spiro atoms. The molecule has 1 heterocycles. The van der Waals surface area contributed by atoms with Gasteiger partial charge in [0.05, 0.1) is 4.47 Å². The molecule has 2 rings (SSSR count). The molecule has 3 nitrogen and oxygen atoms in total. The maximum Gasteiger partial charge on any atom is 0.161 e. The Labute approximate surface area is 130 Å². The van der Waals surface area contributed by atoms with Crippen molar-refractivity contribution in [3.05, 3.63) is 38.9 Å². The zero-order valence-electron chi connectivity index (χ0n) is 10.9. The van der Waals surface area contributed by atoms with Crippen LogP contribution in [0.2, 0.25) is 0 Å². The van der Waals surface area contributed by atoms with Crippen molar-refractivity contribution in [3.63, 3.8) is 0 Å². The summed E-state index contributed by atoms with van der Waals surface area (Å²) in [6.07, 6.45) is 2.85. The Hall–Kier alpha value is -0.940. The van der Waals surface area contributed by atoms with Crippen LogP contribution in [0.3, 0.4) is 0 Å². The molecule has 0 aliphatic heterocycles. The average molecular weight is 385 g/mol. The molecule has 19 heavy (non-hydrogen) atoms. The molecule has 0 bridgehead atoms. The summed E-state index contributed by atoms with van der Waals surface area (Å²) in [6, 6.07) is 6.12. The second-order valence-corrected chi connectivity index (χ2v) is 5.99. The van der Waals surface area contributed by atoms with Crippen LogP contribution < -0.4 is 5.32 Å². The average Bonchev–Trinajstić information content (AvgIpc) is 2.41. The van der Waals surface area contributed by atoms with E-state index in [1.54, 1.807) is 6.20 Å². The second kappa shape index (κ2) is 6.48. The van der Waals surface area contributed by atoms with Gasteiger partial charge < -0.3 is 5.32 Å². The van der Waals surface area contributed by atoms with E-state index in [4.69, 9.17) is 0 Å². The van der Waals surface area contributed by atoms with E-state index in [0.717, 1.165) is 39.1 Å². The molecule has 0 radical (unpaired) electrons. The van der Waals surface area contributed by atoms with Gasteiger partial charge >= 0.3 is 0 Å². The van der Waals surface area contributed by atoms with Gasteiger partial charge in [-0.25, -0.2) is 9.97 Å². The number of nitrogens with one attached hydrogen (secondary N) is 1. The molecule has 0 unspecified atom stereocenters. The maximum absolute atomic E-state index is 4.57. The van der Waals surface area contributed by atoms with Crippen molar-refractivity contribution in [2.24, 2.45) is 0 Å². The summed E-state index contributed by atoms with van der Waals surface area (Å²) in [5, 5.41) is 3.29. The lowest BCUT2D eigenvalue weighted by Gasteiger charge is -2.09. The number of benzene rings is 1. The molecule has 0 atom stereocenters. The maximum atomic E-state index is 4.57. The molecule has 0 saturated heterocycles. The summed E-state index contributed by atoms with van der Waals surface area (Å²) in [4.78, 5) is 8.94. The van der Waals surface area contributed by atoms with Crippen LogP contribution in [-0.2, 0) is 0 Å². The number of rotatable bonds is 4. The van der Waals surface area contributed by atoms with Crippen molar-refractivity contribution < 1.29 is 0 Å². The van der Waals surface area contributed by atoms with Gasteiger partial charge in [0.15, 0.2) is 5.82 Å². The smallest absolute Gasteiger partial charge is 0.161 e. The quantitative estimate of drug-likeness (QED) is 0.822. The predicted octanol–water partition coefficient (Wildman–Crippen LogP) is 4.80. The SMILES string of the molecule is CCCNc1nc(-c2ccc(Br)c(C)c2)ncc1Br. The molecular formula is C14H15Br2N3. The lowest BCUT2D eigenvalue weighted by atomic mass is 10.1. The molecule has 1 aromatic carbocycles. The van der Waals surface area contributed by atoms with Gasteiger partial charge in [0.1, 0.15) is 5.82 Å². The number of halogens is 2. The molecule has 1 aromatic heterocycles. The molecule has 5 heteroatoms. The Bertz CT molecular complexity index is 585. The van der Waals surface area contributed by atoms with Gasteiger partial charge in [-0.05, 0) is 47.0 Å². The van der Waals surface area contributed by atoms with Gasteiger partial charge in [-0.2, -0.15) is 0 Å². The fraction of sp³-hybridized carbons (Fsp3) is 0.286. The van der Waals surface area contributed by atoms with E-state index < -0.39 is 0 Å². The minimum atomic E-state index is 0.734. The highest BCUT2D eigenvalue weighted by molar-refractivity contribution is 9.10. The minimum absolute atomic E-state index is 0.734. The first kappa shape index (κ1) is 14.5. The minimum Gasteiger partial charge on any atom is -0.369 e. The third-order valence-electron chi connectivity index (χ3n) is 2.70. The highest BCUT2D eigenvalue weighted by atomic mass is 79.9. The number of aryl methyl sites for hydroxylation is 1. The van der Waals surface area contributed by atoms with Crippen molar-refractivity contribution in [3.8, 4) is 11.4 Å². The Morgan fingerprint density at radius 3 is 2.68 bits per heavy atom. The summed E-state index contributed by atoms with van der Waals surface area (Å²) in [5.41, 5.74) is 2.19. The van der Waals surface area contributed by atoms with Gasteiger partial charge in [-0.1, -0.05) is 28.9 Å². The van der Waals surface area contributed by atoms with E-state index in [-0.39, 0.29) is 0 Å². The fourth-order valence-corrected chi connectivity index (χ4v) is 2.24. The van der Waals surface area contributed by atoms with Crippen molar-refractivity contribution in [2.45, 2.75) is 20.3 Å². The van der Waals surface area contributed by atoms with Crippen molar-refractivity contribution in [1.29, 1.82) is 0 Å². The number of nitrogens with zero attached hydrogens (tertiary/aromatic N) is 2. The van der Waals surface area contributed by atoms with Gasteiger partial charge in [0.2, 0.25) is 0 Å². The number of aromatic nitrogens is 2. The van der Waals surface area contributed by atoms with Crippen molar-refractivity contribution in [2.75, 3.05) is 11.9 Å². The van der Waals surface area contributed by atoms with Gasteiger partial charge in [-0.15, -0.1) is 0 Å². The highest BCUT2D eigenvalue weighted by Crippen LogP contribution is 2.26. The molecular weight excluding hydrogens is 370 g/mol. The molecule has 0 fully saturated rings. The topological polar surface area (TPSA) is 37.8 Å². The van der Waals surface area contributed by atoms with Crippen LogP contribution >= 0.6 is 31.9 Å². The third-order valence-corrected chi connectivity index (χ3v) is 4.17.